The van der Waals surface area contributed by atoms with Gasteiger partial charge >= 0.3 is 0 Å². The molecule has 1 aliphatic rings. The predicted molar refractivity (Wildman–Crippen MR) is 121 cm³/mol. The molecule has 2 N–H and O–H groups in total. The highest BCUT2D eigenvalue weighted by molar-refractivity contribution is 5.87. The van der Waals surface area contributed by atoms with Gasteiger partial charge in [0.15, 0.2) is 0 Å². The number of aromatic nitrogens is 5. The van der Waals surface area contributed by atoms with Crippen molar-refractivity contribution in [1.82, 2.24) is 29.5 Å². The van der Waals surface area contributed by atoms with Crippen molar-refractivity contribution in [1.29, 1.82) is 0 Å². The van der Waals surface area contributed by atoms with E-state index in [1.165, 1.54) is 6.92 Å². The average molecular weight is 453 g/mol. The molecular weight excluding hydrogens is 428 g/mol. The minimum atomic E-state index is -2.45. The lowest BCUT2D eigenvalue weighted by Gasteiger charge is -2.45. The molecule has 8 nitrogen and oxygen atoms in total. The number of benzene rings is 1. The molecule has 0 radical (unpaired) electrons. The fourth-order valence-electron chi connectivity index (χ4n) is 4.83. The number of nitrogens with zero attached hydrogens (tertiary/aromatic N) is 5. The monoisotopic (exact) mass is 453 g/mol. The first-order valence-corrected chi connectivity index (χ1v) is 10.9. The summed E-state index contributed by atoms with van der Waals surface area (Å²) in [4.78, 5) is 20.2. The van der Waals surface area contributed by atoms with E-state index in [2.05, 4.69) is 25.7 Å². The van der Waals surface area contributed by atoms with E-state index in [0.29, 0.717) is 22.8 Å². The Morgan fingerprint density at radius 1 is 1.27 bits per heavy atom. The molecule has 0 atom stereocenters. The van der Waals surface area contributed by atoms with Crippen molar-refractivity contribution in [3.8, 4) is 11.1 Å². The van der Waals surface area contributed by atoms with E-state index in [0.717, 1.165) is 29.5 Å². The van der Waals surface area contributed by atoms with E-state index in [-0.39, 0.29) is 24.0 Å². The summed E-state index contributed by atoms with van der Waals surface area (Å²) in [6.45, 7) is 4.90. The van der Waals surface area contributed by atoms with Gasteiger partial charge in [-0.2, -0.15) is 0 Å². The molecule has 1 saturated carbocycles. The first-order valence-electron chi connectivity index (χ1n) is 10.9. The molecule has 0 aliphatic heterocycles. The number of imidazole rings is 1. The number of anilines is 1. The van der Waals surface area contributed by atoms with Gasteiger partial charge in [-0.15, -0.1) is 5.10 Å². The minimum absolute atomic E-state index is 0.0286. The smallest absolute Gasteiger partial charge is 0.256 e. The average Bonchev–Trinajstić information content (AvgIpc) is 3.26. The number of rotatable bonds is 6. The zero-order valence-corrected chi connectivity index (χ0v) is 18.6. The van der Waals surface area contributed by atoms with Crippen LogP contribution in [0.15, 0.2) is 36.7 Å². The third kappa shape index (κ3) is 4.01. The van der Waals surface area contributed by atoms with Crippen molar-refractivity contribution >= 4 is 28.4 Å². The van der Waals surface area contributed by atoms with Crippen LogP contribution in [0.5, 0.6) is 0 Å². The summed E-state index contributed by atoms with van der Waals surface area (Å²) in [5.41, 5.74) is 3.78. The van der Waals surface area contributed by atoms with Gasteiger partial charge in [-0.3, -0.25) is 4.79 Å². The predicted octanol–water partition coefficient (Wildman–Crippen LogP) is 3.79. The van der Waals surface area contributed by atoms with Crippen LogP contribution in [0.4, 0.5) is 14.7 Å². The van der Waals surface area contributed by atoms with Gasteiger partial charge in [0.25, 0.3) is 6.43 Å². The molecule has 4 aromatic rings. The summed E-state index contributed by atoms with van der Waals surface area (Å²) < 4.78 is 29.4. The molecule has 0 bridgehead atoms. The Morgan fingerprint density at radius 3 is 2.79 bits per heavy atom. The molecule has 0 spiro atoms. The van der Waals surface area contributed by atoms with Gasteiger partial charge in [-0.05, 0) is 50.5 Å². The molecule has 1 fully saturated rings. The van der Waals surface area contributed by atoms with Crippen LogP contribution in [-0.4, -0.2) is 48.1 Å². The molecule has 10 heteroatoms. The molecule has 3 aromatic heterocycles. The summed E-state index contributed by atoms with van der Waals surface area (Å²) in [5, 5.41) is 10.9. The Kier molecular flexibility index (Phi) is 5.02. The highest BCUT2D eigenvalue weighted by Gasteiger charge is 2.41. The maximum Gasteiger partial charge on any atom is 0.256 e. The Bertz CT molecular complexity index is 1350. The number of carbonyl (C=O) groups excluding carboxylic acids is 1. The normalized spacial score (nSPS) is 20.4. The van der Waals surface area contributed by atoms with Gasteiger partial charge in [-0.1, -0.05) is 6.07 Å². The number of amides is 1. The zero-order chi connectivity index (χ0) is 23.3. The summed E-state index contributed by atoms with van der Waals surface area (Å²) in [5.74, 6) is 1.05. The lowest BCUT2D eigenvalue weighted by atomic mass is 9.74. The molecule has 1 amide bonds. The molecule has 172 valence electrons. The van der Waals surface area contributed by atoms with E-state index in [1.54, 1.807) is 22.2 Å². The maximum atomic E-state index is 13.1. The Hall–Kier alpha value is -3.56. The molecule has 1 aromatic carbocycles. The summed E-state index contributed by atoms with van der Waals surface area (Å²) in [6, 6.07) is 7.79. The van der Waals surface area contributed by atoms with Crippen molar-refractivity contribution in [3.05, 3.63) is 42.5 Å². The Balaban J connectivity index is 1.39. The topological polar surface area (TPSA) is 89.1 Å². The quantitative estimate of drug-likeness (QED) is 0.464. The van der Waals surface area contributed by atoms with Crippen LogP contribution in [0.25, 0.3) is 27.7 Å². The first kappa shape index (κ1) is 21.3. The number of fused-ring (bicyclic) bond motifs is 2. The second-order valence-corrected chi connectivity index (χ2v) is 9.00. The minimum Gasteiger partial charge on any atom is -0.351 e. The highest BCUT2D eigenvalue weighted by Crippen LogP contribution is 2.34. The molecule has 0 saturated heterocycles. The van der Waals surface area contributed by atoms with Gasteiger partial charge in [0, 0.05) is 30.3 Å². The number of aryl methyl sites for hydroxylation is 1. The van der Waals surface area contributed by atoms with Crippen molar-refractivity contribution in [2.24, 2.45) is 0 Å². The van der Waals surface area contributed by atoms with Crippen molar-refractivity contribution < 1.29 is 13.6 Å². The van der Waals surface area contributed by atoms with Crippen LogP contribution in [0.2, 0.25) is 0 Å². The molecular formula is C23H25F2N7O. The molecule has 5 rings (SSSR count). The largest absolute Gasteiger partial charge is 0.351 e. The van der Waals surface area contributed by atoms with Gasteiger partial charge < -0.3 is 15.2 Å². The third-order valence-corrected chi connectivity index (χ3v) is 6.19. The fourth-order valence-corrected chi connectivity index (χ4v) is 4.83. The highest BCUT2D eigenvalue weighted by atomic mass is 19.3. The van der Waals surface area contributed by atoms with Gasteiger partial charge in [0.2, 0.25) is 11.9 Å². The molecule has 33 heavy (non-hydrogen) atoms. The van der Waals surface area contributed by atoms with Crippen LogP contribution < -0.4 is 10.6 Å². The lowest BCUT2D eigenvalue weighted by Crippen LogP contribution is -2.59. The first-order chi connectivity index (χ1) is 15.7. The van der Waals surface area contributed by atoms with Gasteiger partial charge in [-0.25, -0.2) is 23.3 Å². The second kappa shape index (κ2) is 7.79. The summed E-state index contributed by atoms with van der Waals surface area (Å²) in [7, 11) is 0. The Morgan fingerprint density at radius 2 is 2.06 bits per heavy atom. The summed E-state index contributed by atoms with van der Waals surface area (Å²) in [6.07, 6.45) is 2.76. The maximum absolute atomic E-state index is 13.1. The number of hydrogen-bond donors (Lipinski definition) is 2. The van der Waals surface area contributed by atoms with E-state index in [1.807, 2.05) is 37.4 Å². The van der Waals surface area contributed by atoms with E-state index >= 15 is 0 Å². The van der Waals surface area contributed by atoms with Crippen LogP contribution in [-0.2, 0) is 11.3 Å². The van der Waals surface area contributed by atoms with Crippen LogP contribution in [0.3, 0.4) is 0 Å². The van der Waals surface area contributed by atoms with Crippen LogP contribution >= 0.6 is 0 Å². The molecule has 3 heterocycles. The number of hydrogen-bond acceptors (Lipinski definition) is 5. The van der Waals surface area contributed by atoms with Crippen molar-refractivity contribution in [2.75, 3.05) is 5.32 Å². The lowest BCUT2D eigenvalue weighted by molar-refractivity contribution is -0.121. The molecule has 0 unspecified atom stereocenters. The van der Waals surface area contributed by atoms with Gasteiger partial charge in [0.05, 0.1) is 29.3 Å². The van der Waals surface area contributed by atoms with Crippen LogP contribution in [0.1, 0.15) is 32.5 Å². The third-order valence-electron chi connectivity index (χ3n) is 6.19. The SMILES string of the molecule is CC(=O)N[C@]1(C)C[C@@H](Nc2ncc3c(-c4ccc5nc(C)n(CC(F)F)c5c4)ccn3n2)C1. The standard InChI is InChI=1S/C23H25F2N7O/c1-13-27-18-5-4-15(8-19(18)31(13)12-21(24)25)17-6-7-32-20(17)11-26-22(30-32)28-16-9-23(3,10-16)29-14(2)33/h4-8,11,16,21H,9-10,12H2,1-3H3,(H,28,30)(H,29,33)/t16-,23-. The second-order valence-electron chi connectivity index (χ2n) is 9.00. The van der Waals surface area contributed by atoms with E-state index < -0.39 is 6.43 Å². The van der Waals surface area contributed by atoms with Crippen molar-refractivity contribution in [2.45, 2.75) is 58.2 Å². The number of alkyl halides is 2. The Labute approximate surface area is 189 Å². The number of nitrogens with one attached hydrogen (secondary N) is 2. The summed E-state index contributed by atoms with van der Waals surface area (Å²) >= 11 is 0. The zero-order valence-electron chi connectivity index (χ0n) is 18.6. The fraction of sp³-hybridized carbons (Fsp3) is 0.391. The molecule has 1 aliphatic carbocycles. The van der Waals surface area contributed by atoms with Crippen LogP contribution in [0, 0.1) is 6.92 Å². The number of halogens is 2. The van der Waals surface area contributed by atoms with E-state index in [4.69, 9.17) is 0 Å². The van der Waals surface area contributed by atoms with Crippen molar-refractivity contribution in [3.63, 3.8) is 0 Å². The van der Waals surface area contributed by atoms with E-state index in [9.17, 15) is 13.6 Å². The van der Waals surface area contributed by atoms with Gasteiger partial charge in [0.1, 0.15) is 5.82 Å². The number of carbonyl (C=O) groups is 1.